The van der Waals surface area contributed by atoms with Gasteiger partial charge in [-0.25, -0.2) is 9.59 Å². The third-order valence-electron chi connectivity index (χ3n) is 1.75. The van der Waals surface area contributed by atoms with Crippen LogP contribution in [0.5, 0.6) is 0 Å². The van der Waals surface area contributed by atoms with E-state index in [-0.39, 0.29) is 5.76 Å². The van der Waals surface area contributed by atoms with E-state index in [0.29, 0.717) is 17.8 Å². The zero-order valence-corrected chi connectivity index (χ0v) is 6.42. The van der Waals surface area contributed by atoms with Crippen molar-refractivity contribution in [2.24, 2.45) is 0 Å². The topological polar surface area (TPSA) is 52.6 Å². The number of carbonyl (C=O) groups excluding carboxylic acids is 2. The Morgan fingerprint density at radius 2 is 2.08 bits per heavy atom. The van der Waals surface area contributed by atoms with E-state index in [0.717, 1.165) is 0 Å². The Kier molecular flexibility index (Phi) is 1.30. The van der Waals surface area contributed by atoms with Gasteiger partial charge in [-0.1, -0.05) is 6.92 Å². The largest absolute Gasteiger partial charge is 0.419 e. The zero-order chi connectivity index (χ0) is 8.72. The predicted molar refractivity (Wildman–Crippen MR) is 37.6 cm³/mol. The molecule has 0 unspecified atom stereocenters. The van der Waals surface area contributed by atoms with Crippen LogP contribution in [0.2, 0.25) is 0 Å². The molecule has 2 rings (SSSR count). The minimum atomic E-state index is -0.474. The van der Waals surface area contributed by atoms with Crippen LogP contribution in [0.4, 0.5) is 0 Å². The van der Waals surface area contributed by atoms with E-state index < -0.39 is 11.9 Å². The maximum atomic E-state index is 11.0. The zero-order valence-electron chi connectivity index (χ0n) is 6.42. The fraction of sp³-hybridized carbons (Fsp3) is 0.250. The molecule has 2 aliphatic rings. The van der Waals surface area contributed by atoms with E-state index in [1.807, 2.05) is 0 Å². The summed E-state index contributed by atoms with van der Waals surface area (Å²) in [5, 5.41) is 0. The second-order valence-corrected chi connectivity index (χ2v) is 2.48. The highest BCUT2D eigenvalue weighted by atomic mass is 16.6. The molecule has 0 radical (unpaired) electrons. The lowest BCUT2D eigenvalue weighted by atomic mass is 10.2. The summed E-state index contributed by atoms with van der Waals surface area (Å²) < 4.78 is 9.52. The highest BCUT2D eigenvalue weighted by Crippen LogP contribution is 2.32. The molecule has 0 amide bonds. The first kappa shape index (κ1) is 7.09. The van der Waals surface area contributed by atoms with Gasteiger partial charge < -0.3 is 9.47 Å². The van der Waals surface area contributed by atoms with Gasteiger partial charge in [0.05, 0.1) is 11.6 Å². The van der Waals surface area contributed by atoms with Crippen molar-refractivity contribution in [3.05, 3.63) is 23.2 Å². The molecule has 0 aromatic carbocycles. The van der Waals surface area contributed by atoms with Crippen LogP contribution in [0.25, 0.3) is 0 Å². The maximum Gasteiger partial charge on any atom is 0.343 e. The second kappa shape index (κ2) is 2.20. The van der Waals surface area contributed by atoms with E-state index in [2.05, 4.69) is 0 Å². The molecule has 2 heterocycles. The fourth-order valence-electron chi connectivity index (χ4n) is 1.20. The SMILES string of the molecule is CCC1=C2OC(=O)C=C2OC1=O. The Morgan fingerprint density at radius 1 is 1.33 bits per heavy atom. The molecule has 4 nitrogen and oxygen atoms in total. The van der Waals surface area contributed by atoms with Gasteiger partial charge in [0, 0.05) is 0 Å². The summed E-state index contributed by atoms with van der Waals surface area (Å²) in [6.45, 7) is 1.80. The molecule has 0 aromatic rings. The molecule has 4 heteroatoms. The van der Waals surface area contributed by atoms with Crippen LogP contribution in [0, 0.1) is 0 Å². The lowest BCUT2D eigenvalue weighted by molar-refractivity contribution is -0.133. The third-order valence-corrected chi connectivity index (χ3v) is 1.75. The molecule has 0 atom stereocenters. The van der Waals surface area contributed by atoms with Gasteiger partial charge in [-0.05, 0) is 6.42 Å². The number of carbonyl (C=O) groups is 2. The second-order valence-electron chi connectivity index (χ2n) is 2.48. The summed E-state index contributed by atoms with van der Waals surface area (Å²) in [5.41, 5.74) is 0.437. The third kappa shape index (κ3) is 0.777. The van der Waals surface area contributed by atoms with Gasteiger partial charge in [-0.15, -0.1) is 0 Å². The molecule has 2 aliphatic heterocycles. The molecule has 0 spiro atoms. The van der Waals surface area contributed by atoms with Crippen molar-refractivity contribution < 1.29 is 19.1 Å². The van der Waals surface area contributed by atoms with Crippen LogP contribution < -0.4 is 0 Å². The molecule has 0 N–H and O–H groups in total. The van der Waals surface area contributed by atoms with Gasteiger partial charge in [-0.3, -0.25) is 0 Å². The normalized spacial score (nSPS) is 20.6. The van der Waals surface area contributed by atoms with Gasteiger partial charge in [0.15, 0.2) is 11.5 Å². The van der Waals surface area contributed by atoms with Crippen LogP contribution in [-0.2, 0) is 19.1 Å². The Bertz CT molecular complexity index is 335. The lowest BCUT2D eigenvalue weighted by Crippen LogP contribution is -2.00. The van der Waals surface area contributed by atoms with E-state index in [1.54, 1.807) is 6.92 Å². The smallest absolute Gasteiger partial charge is 0.343 e. The molecular formula is C8H6O4. The van der Waals surface area contributed by atoms with Crippen molar-refractivity contribution in [1.29, 1.82) is 0 Å². The molecule has 0 saturated heterocycles. The Hall–Kier alpha value is -1.58. The van der Waals surface area contributed by atoms with Crippen molar-refractivity contribution >= 4 is 11.9 Å². The average molecular weight is 166 g/mol. The van der Waals surface area contributed by atoms with E-state index in [1.165, 1.54) is 6.08 Å². The number of ether oxygens (including phenoxy) is 2. The minimum Gasteiger partial charge on any atom is -0.419 e. The predicted octanol–water partition coefficient (Wildman–Crippen LogP) is 0.648. The first-order valence-electron chi connectivity index (χ1n) is 3.61. The van der Waals surface area contributed by atoms with Crippen LogP contribution in [0.3, 0.4) is 0 Å². The molecular weight excluding hydrogens is 160 g/mol. The van der Waals surface area contributed by atoms with Gasteiger partial charge >= 0.3 is 11.9 Å². The molecule has 62 valence electrons. The summed E-state index contributed by atoms with van der Waals surface area (Å²) in [7, 11) is 0. The number of esters is 2. The van der Waals surface area contributed by atoms with Crippen molar-refractivity contribution in [3.8, 4) is 0 Å². The summed E-state index contributed by atoms with van der Waals surface area (Å²) >= 11 is 0. The highest BCUT2D eigenvalue weighted by Gasteiger charge is 2.36. The summed E-state index contributed by atoms with van der Waals surface area (Å²) in [4.78, 5) is 21.7. The van der Waals surface area contributed by atoms with Crippen LogP contribution in [0.15, 0.2) is 23.2 Å². The first-order chi connectivity index (χ1) is 5.72. The van der Waals surface area contributed by atoms with Gasteiger partial charge in [-0.2, -0.15) is 0 Å². The number of hydrogen-bond donors (Lipinski definition) is 0. The fourth-order valence-corrected chi connectivity index (χ4v) is 1.20. The average Bonchev–Trinajstić information content (AvgIpc) is 2.43. The molecule has 0 aliphatic carbocycles. The first-order valence-corrected chi connectivity index (χ1v) is 3.61. The highest BCUT2D eigenvalue weighted by molar-refractivity contribution is 5.99. The Balaban J connectivity index is 2.47. The molecule has 0 saturated carbocycles. The number of fused-ring (bicyclic) bond motifs is 1. The Labute approximate surface area is 68.5 Å². The monoisotopic (exact) mass is 166 g/mol. The minimum absolute atomic E-state index is 0.252. The number of rotatable bonds is 1. The molecule has 0 aromatic heterocycles. The van der Waals surface area contributed by atoms with E-state index in [4.69, 9.17) is 9.47 Å². The van der Waals surface area contributed by atoms with Crippen LogP contribution in [-0.4, -0.2) is 11.9 Å². The summed E-state index contributed by atoms with van der Waals surface area (Å²) in [5.74, 6) is -0.334. The molecule has 0 bridgehead atoms. The maximum absolute atomic E-state index is 11.0. The molecule has 0 fully saturated rings. The summed E-state index contributed by atoms with van der Waals surface area (Å²) in [6, 6.07) is 0. The van der Waals surface area contributed by atoms with Gasteiger partial charge in [0.2, 0.25) is 0 Å². The van der Waals surface area contributed by atoms with Crippen LogP contribution in [0.1, 0.15) is 13.3 Å². The van der Waals surface area contributed by atoms with Gasteiger partial charge in [0.1, 0.15) is 0 Å². The van der Waals surface area contributed by atoms with Crippen molar-refractivity contribution in [3.63, 3.8) is 0 Å². The van der Waals surface area contributed by atoms with Gasteiger partial charge in [0.25, 0.3) is 0 Å². The molecule has 12 heavy (non-hydrogen) atoms. The van der Waals surface area contributed by atoms with Crippen molar-refractivity contribution in [2.75, 3.05) is 0 Å². The standard InChI is InChI=1S/C8H6O4/c1-2-4-7-5(11-8(4)10)3-6(9)12-7/h3H,2H2,1H3. The van der Waals surface area contributed by atoms with E-state index >= 15 is 0 Å². The number of hydrogen-bond acceptors (Lipinski definition) is 4. The van der Waals surface area contributed by atoms with E-state index in [9.17, 15) is 9.59 Å². The lowest BCUT2D eigenvalue weighted by Gasteiger charge is -1.94. The van der Waals surface area contributed by atoms with Crippen molar-refractivity contribution in [2.45, 2.75) is 13.3 Å². The quantitative estimate of drug-likeness (QED) is 0.536. The van der Waals surface area contributed by atoms with Crippen molar-refractivity contribution in [1.82, 2.24) is 0 Å². The Morgan fingerprint density at radius 3 is 2.75 bits per heavy atom. The summed E-state index contributed by atoms with van der Waals surface area (Å²) in [6.07, 6.45) is 1.69. The van der Waals surface area contributed by atoms with Crippen LogP contribution >= 0.6 is 0 Å².